The van der Waals surface area contributed by atoms with E-state index in [9.17, 15) is 9.59 Å². The van der Waals surface area contributed by atoms with Crippen LogP contribution in [0.15, 0.2) is 54.6 Å². The molecule has 1 atom stereocenters. The van der Waals surface area contributed by atoms with Crippen molar-refractivity contribution in [3.8, 4) is 0 Å². The van der Waals surface area contributed by atoms with E-state index >= 15 is 0 Å². The maximum Gasteiger partial charge on any atom is 0.251 e. The van der Waals surface area contributed by atoms with Crippen LogP contribution in [0.5, 0.6) is 0 Å². The molecule has 0 saturated heterocycles. The molecule has 0 bridgehead atoms. The molecule has 0 aromatic heterocycles. The monoisotopic (exact) mass is 367 g/mol. The van der Waals surface area contributed by atoms with Crippen LogP contribution in [0.2, 0.25) is 0 Å². The Balaban J connectivity index is 1.73. The highest BCUT2D eigenvalue weighted by Crippen LogP contribution is 2.06. The highest BCUT2D eigenvalue weighted by atomic mass is 16.2. The molecule has 0 aliphatic heterocycles. The molecule has 0 heterocycles. The normalized spacial score (nSPS) is 11.9. The number of aryl methyl sites for hydroxylation is 1. The molecule has 0 unspecified atom stereocenters. The number of hydrogen-bond donors (Lipinski definition) is 2. The van der Waals surface area contributed by atoms with Crippen LogP contribution in [0.4, 0.5) is 0 Å². The van der Waals surface area contributed by atoms with Gasteiger partial charge in [0, 0.05) is 31.1 Å². The zero-order chi connectivity index (χ0) is 19.6. The van der Waals surface area contributed by atoms with Crippen molar-refractivity contribution in [1.29, 1.82) is 0 Å². The minimum Gasteiger partial charge on any atom is -0.354 e. The van der Waals surface area contributed by atoms with Gasteiger partial charge in [-0.1, -0.05) is 48.0 Å². The summed E-state index contributed by atoms with van der Waals surface area (Å²) >= 11 is 0. The Morgan fingerprint density at radius 1 is 1.00 bits per heavy atom. The van der Waals surface area contributed by atoms with Crippen LogP contribution >= 0.6 is 0 Å². The summed E-state index contributed by atoms with van der Waals surface area (Å²) < 4.78 is 0. The molecule has 2 rings (SSSR count). The van der Waals surface area contributed by atoms with Crippen molar-refractivity contribution < 1.29 is 9.59 Å². The highest BCUT2D eigenvalue weighted by Gasteiger charge is 2.14. The summed E-state index contributed by atoms with van der Waals surface area (Å²) in [5, 5.41) is 5.77. The fourth-order valence-corrected chi connectivity index (χ4v) is 2.82. The van der Waals surface area contributed by atoms with Gasteiger partial charge in [-0.05, 0) is 45.1 Å². The third-order valence-electron chi connectivity index (χ3n) is 4.50. The third kappa shape index (κ3) is 7.23. The van der Waals surface area contributed by atoms with Crippen LogP contribution in [-0.4, -0.2) is 49.9 Å². The average Bonchev–Trinajstić information content (AvgIpc) is 2.65. The molecule has 27 heavy (non-hydrogen) atoms. The van der Waals surface area contributed by atoms with Crippen molar-refractivity contribution in [2.75, 3.05) is 27.2 Å². The number of carbonyl (C=O) groups excluding carboxylic acids is 2. The molecule has 2 amide bonds. The second-order valence-corrected chi connectivity index (χ2v) is 6.99. The largest absolute Gasteiger partial charge is 0.354 e. The van der Waals surface area contributed by atoms with E-state index in [1.807, 2.05) is 57.4 Å². The number of likely N-dealkylation sites (N-methyl/N-ethyl adjacent to an activating group) is 1. The van der Waals surface area contributed by atoms with Crippen LogP contribution < -0.4 is 10.6 Å². The average molecular weight is 367 g/mol. The molecule has 2 aromatic rings. The van der Waals surface area contributed by atoms with E-state index in [0.717, 1.165) is 12.0 Å². The van der Waals surface area contributed by atoms with Gasteiger partial charge in [0.05, 0.1) is 0 Å². The van der Waals surface area contributed by atoms with E-state index in [4.69, 9.17) is 0 Å². The summed E-state index contributed by atoms with van der Waals surface area (Å²) in [5.41, 5.74) is 2.90. The van der Waals surface area contributed by atoms with E-state index in [1.165, 1.54) is 5.56 Å². The van der Waals surface area contributed by atoms with Crippen molar-refractivity contribution in [2.24, 2.45) is 0 Å². The minimum absolute atomic E-state index is 0.0561. The molecule has 0 saturated carbocycles. The van der Waals surface area contributed by atoms with E-state index < -0.39 is 0 Å². The Labute approximate surface area is 161 Å². The van der Waals surface area contributed by atoms with E-state index in [-0.39, 0.29) is 24.3 Å². The first kappa shape index (κ1) is 20.6. The minimum atomic E-state index is -0.151. The van der Waals surface area contributed by atoms with Crippen molar-refractivity contribution in [1.82, 2.24) is 15.5 Å². The Kier molecular flexibility index (Phi) is 8.01. The number of benzene rings is 2. The van der Waals surface area contributed by atoms with E-state index in [2.05, 4.69) is 27.7 Å². The number of hydrogen-bond acceptors (Lipinski definition) is 3. The molecule has 0 fully saturated rings. The zero-order valence-corrected chi connectivity index (χ0v) is 16.4. The lowest BCUT2D eigenvalue weighted by atomic mass is 10.1. The number of nitrogens with zero attached hydrogens (tertiary/aromatic N) is 1. The third-order valence-corrected chi connectivity index (χ3v) is 4.50. The SMILES string of the molecule is Cc1cccc(C(=O)NCCC(=O)NC[C@@H](Cc2ccccc2)N(C)C)c1. The van der Waals surface area contributed by atoms with Crippen LogP contribution in [0.25, 0.3) is 0 Å². The molecule has 0 aliphatic rings. The van der Waals surface area contributed by atoms with Crippen LogP contribution in [-0.2, 0) is 11.2 Å². The van der Waals surface area contributed by atoms with Crippen LogP contribution in [0, 0.1) is 6.92 Å². The second kappa shape index (κ2) is 10.5. The van der Waals surface area contributed by atoms with Crippen molar-refractivity contribution in [3.63, 3.8) is 0 Å². The predicted octanol–water partition coefficient (Wildman–Crippen LogP) is 2.40. The van der Waals surface area contributed by atoms with Gasteiger partial charge < -0.3 is 15.5 Å². The molecule has 0 radical (unpaired) electrons. The molecular formula is C22H29N3O2. The Morgan fingerprint density at radius 3 is 2.41 bits per heavy atom. The number of amides is 2. The molecule has 144 valence electrons. The molecule has 2 aromatic carbocycles. The first-order chi connectivity index (χ1) is 13.0. The van der Waals surface area contributed by atoms with Crippen molar-refractivity contribution >= 4 is 11.8 Å². The van der Waals surface area contributed by atoms with E-state index in [0.29, 0.717) is 18.7 Å². The Bertz CT molecular complexity index is 744. The lowest BCUT2D eigenvalue weighted by Crippen LogP contribution is -2.42. The molecule has 0 aliphatic carbocycles. The van der Waals surface area contributed by atoms with Gasteiger partial charge in [0.2, 0.25) is 5.91 Å². The summed E-state index contributed by atoms with van der Waals surface area (Å²) in [6.07, 6.45) is 1.14. The van der Waals surface area contributed by atoms with Gasteiger partial charge in [0.25, 0.3) is 5.91 Å². The van der Waals surface area contributed by atoms with E-state index in [1.54, 1.807) is 6.07 Å². The van der Waals surface area contributed by atoms with Crippen LogP contribution in [0.3, 0.4) is 0 Å². The molecule has 5 heteroatoms. The van der Waals surface area contributed by atoms with Gasteiger partial charge in [-0.2, -0.15) is 0 Å². The Hall–Kier alpha value is -2.66. The molecule has 0 spiro atoms. The summed E-state index contributed by atoms with van der Waals surface area (Å²) in [7, 11) is 4.03. The number of nitrogens with one attached hydrogen (secondary N) is 2. The van der Waals surface area contributed by atoms with Gasteiger partial charge in [-0.25, -0.2) is 0 Å². The van der Waals surface area contributed by atoms with Gasteiger partial charge in [-0.3, -0.25) is 9.59 Å². The summed E-state index contributed by atoms with van der Waals surface area (Å²) in [5.74, 6) is -0.207. The predicted molar refractivity (Wildman–Crippen MR) is 109 cm³/mol. The van der Waals surface area contributed by atoms with Crippen LogP contribution in [0.1, 0.15) is 27.9 Å². The van der Waals surface area contributed by atoms with Gasteiger partial charge in [0.1, 0.15) is 0 Å². The lowest BCUT2D eigenvalue weighted by Gasteiger charge is -2.24. The molecule has 5 nitrogen and oxygen atoms in total. The summed E-state index contributed by atoms with van der Waals surface area (Å²) in [4.78, 5) is 26.3. The molecular weight excluding hydrogens is 338 g/mol. The maximum atomic E-state index is 12.1. The zero-order valence-electron chi connectivity index (χ0n) is 16.4. The van der Waals surface area contributed by atoms with Crippen molar-refractivity contribution in [2.45, 2.75) is 25.8 Å². The summed E-state index contributed by atoms with van der Waals surface area (Å²) in [6.45, 7) is 2.84. The standard InChI is InChI=1S/C22H29N3O2/c1-17-8-7-11-19(14-17)22(27)23-13-12-21(26)24-16-20(25(2)3)15-18-9-5-4-6-10-18/h4-11,14,20H,12-13,15-16H2,1-3H3,(H,23,27)(H,24,26)/t20-/m1/s1. The van der Waals surface area contributed by atoms with Gasteiger partial charge in [0.15, 0.2) is 0 Å². The fourth-order valence-electron chi connectivity index (χ4n) is 2.82. The quantitative estimate of drug-likeness (QED) is 0.715. The van der Waals surface area contributed by atoms with Crippen molar-refractivity contribution in [3.05, 3.63) is 71.3 Å². The Morgan fingerprint density at radius 2 is 1.74 bits per heavy atom. The first-order valence-corrected chi connectivity index (χ1v) is 9.27. The second-order valence-electron chi connectivity index (χ2n) is 6.99. The van der Waals surface area contributed by atoms with Gasteiger partial charge in [-0.15, -0.1) is 0 Å². The smallest absolute Gasteiger partial charge is 0.251 e. The number of rotatable bonds is 9. The highest BCUT2D eigenvalue weighted by molar-refractivity contribution is 5.94. The summed E-state index contributed by atoms with van der Waals surface area (Å²) in [6, 6.07) is 17.9. The lowest BCUT2D eigenvalue weighted by molar-refractivity contribution is -0.121. The fraction of sp³-hybridized carbons (Fsp3) is 0.364. The maximum absolute atomic E-state index is 12.1. The number of carbonyl (C=O) groups is 2. The molecule has 2 N–H and O–H groups in total. The van der Waals surface area contributed by atoms with Gasteiger partial charge >= 0.3 is 0 Å². The topological polar surface area (TPSA) is 61.4 Å². The first-order valence-electron chi connectivity index (χ1n) is 9.27.